The number of aromatic hydroxyl groups is 1. The van der Waals surface area contributed by atoms with E-state index in [1.165, 1.54) is 26.8 Å². The highest BCUT2D eigenvalue weighted by Crippen LogP contribution is 2.40. The van der Waals surface area contributed by atoms with E-state index in [0.717, 1.165) is 19.5 Å². The van der Waals surface area contributed by atoms with E-state index in [-0.39, 0.29) is 11.7 Å². The van der Waals surface area contributed by atoms with Crippen molar-refractivity contribution in [2.45, 2.75) is 12.3 Å². The third kappa shape index (κ3) is 2.63. The van der Waals surface area contributed by atoms with Gasteiger partial charge in [-0.15, -0.1) is 11.3 Å². The van der Waals surface area contributed by atoms with Gasteiger partial charge in [0.25, 0.3) is 0 Å². The van der Waals surface area contributed by atoms with Crippen molar-refractivity contribution < 1.29 is 5.11 Å². The molecular formula is C19H18ClNOS. The van der Waals surface area contributed by atoms with Gasteiger partial charge >= 0.3 is 0 Å². The molecule has 2 nitrogen and oxygen atoms in total. The molecule has 23 heavy (non-hydrogen) atoms. The predicted molar refractivity (Wildman–Crippen MR) is 98.0 cm³/mol. The van der Waals surface area contributed by atoms with E-state index in [1.54, 1.807) is 11.3 Å². The fourth-order valence-electron chi connectivity index (χ4n) is 3.53. The smallest absolute Gasteiger partial charge is 0.134 e. The van der Waals surface area contributed by atoms with Crippen LogP contribution in [0, 0.1) is 0 Å². The predicted octanol–water partition coefficient (Wildman–Crippen LogP) is 4.88. The van der Waals surface area contributed by atoms with Gasteiger partial charge in [0.2, 0.25) is 0 Å². The molecule has 1 aliphatic heterocycles. The molecule has 1 aromatic heterocycles. The molecule has 1 unspecified atom stereocenters. The number of hydrogen-bond donors (Lipinski definition) is 1. The Morgan fingerprint density at radius 1 is 1.22 bits per heavy atom. The van der Waals surface area contributed by atoms with Gasteiger partial charge in [-0.25, -0.2) is 0 Å². The molecule has 0 spiro atoms. The normalized spacial score (nSPS) is 18.8. The maximum Gasteiger partial charge on any atom is 0.134 e. The first-order chi connectivity index (χ1) is 11.1. The van der Waals surface area contributed by atoms with Crippen molar-refractivity contribution >= 4 is 33.0 Å². The van der Waals surface area contributed by atoms with Gasteiger partial charge in [-0.3, -0.25) is 0 Å². The molecule has 2 heterocycles. The maximum absolute atomic E-state index is 10.1. The van der Waals surface area contributed by atoms with Crippen LogP contribution in [-0.2, 0) is 6.42 Å². The SMILES string of the molecule is CN1CCc2cc(Cl)c(O)cc2C(c2cccc3ccsc23)C1. The van der Waals surface area contributed by atoms with E-state index in [2.05, 4.69) is 41.6 Å². The fourth-order valence-corrected chi connectivity index (χ4v) is 4.68. The van der Waals surface area contributed by atoms with Crippen molar-refractivity contribution in [1.82, 2.24) is 4.90 Å². The van der Waals surface area contributed by atoms with E-state index in [1.807, 2.05) is 12.1 Å². The lowest BCUT2D eigenvalue weighted by molar-refractivity contribution is 0.338. The molecule has 0 bridgehead atoms. The zero-order valence-electron chi connectivity index (χ0n) is 12.9. The van der Waals surface area contributed by atoms with E-state index in [0.29, 0.717) is 5.02 Å². The third-order valence-corrected chi connectivity index (χ3v) is 6.01. The van der Waals surface area contributed by atoms with E-state index in [9.17, 15) is 5.11 Å². The zero-order chi connectivity index (χ0) is 16.0. The first kappa shape index (κ1) is 15.0. The molecule has 0 saturated heterocycles. The van der Waals surface area contributed by atoms with Crippen molar-refractivity contribution in [2.24, 2.45) is 0 Å². The minimum atomic E-state index is 0.179. The topological polar surface area (TPSA) is 23.5 Å². The van der Waals surface area contributed by atoms with Gasteiger partial charge in [-0.1, -0.05) is 29.8 Å². The number of likely N-dealkylation sites (N-methyl/N-ethyl adjacent to an activating group) is 1. The van der Waals surface area contributed by atoms with Crippen molar-refractivity contribution in [3.63, 3.8) is 0 Å². The Hall–Kier alpha value is -1.55. The average molecular weight is 344 g/mol. The molecule has 0 amide bonds. The van der Waals surface area contributed by atoms with Crippen LogP contribution < -0.4 is 0 Å². The summed E-state index contributed by atoms with van der Waals surface area (Å²) < 4.78 is 1.34. The zero-order valence-corrected chi connectivity index (χ0v) is 14.5. The minimum absolute atomic E-state index is 0.179. The van der Waals surface area contributed by atoms with Crippen molar-refractivity contribution in [1.29, 1.82) is 0 Å². The summed E-state index contributed by atoms with van der Waals surface area (Å²) in [4.78, 5) is 2.36. The Morgan fingerprint density at radius 2 is 2.09 bits per heavy atom. The lowest BCUT2D eigenvalue weighted by Gasteiger charge is -2.23. The van der Waals surface area contributed by atoms with Crippen LogP contribution in [0.3, 0.4) is 0 Å². The van der Waals surface area contributed by atoms with Crippen molar-refractivity contribution in [2.75, 3.05) is 20.1 Å². The van der Waals surface area contributed by atoms with E-state index >= 15 is 0 Å². The third-order valence-electron chi connectivity index (χ3n) is 4.73. The van der Waals surface area contributed by atoms with Crippen LogP contribution in [0.25, 0.3) is 10.1 Å². The number of phenolic OH excluding ortho intramolecular Hbond substituents is 1. The maximum atomic E-state index is 10.1. The van der Waals surface area contributed by atoms with Gasteiger partial charge in [0, 0.05) is 23.7 Å². The number of halogens is 1. The number of fused-ring (bicyclic) bond motifs is 2. The van der Waals surface area contributed by atoms with Crippen LogP contribution >= 0.6 is 22.9 Å². The first-order valence-electron chi connectivity index (χ1n) is 7.79. The summed E-state index contributed by atoms with van der Waals surface area (Å²) >= 11 is 7.94. The highest BCUT2D eigenvalue weighted by molar-refractivity contribution is 7.17. The van der Waals surface area contributed by atoms with Crippen LogP contribution in [0.5, 0.6) is 5.75 Å². The summed E-state index contributed by atoms with van der Waals surface area (Å²) in [6, 6.07) is 12.5. The van der Waals surface area contributed by atoms with Crippen LogP contribution in [-0.4, -0.2) is 30.1 Å². The molecule has 1 N–H and O–H groups in total. The molecule has 1 atom stereocenters. The van der Waals surface area contributed by atoms with Crippen LogP contribution in [0.4, 0.5) is 0 Å². The molecular weight excluding hydrogens is 326 g/mol. The van der Waals surface area contributed by atoms with Gasteiger partial charge in [0.15, 0.2) is 0 Å². The number of benzene rings is 2. The van der Waals surface area contributed by atoms with Gasteiger partial charge in [-0.05, 0) is 59.1 Å². The standard InChI is InChI=1S/C19H18ClNOS/c1-21-7-5-13-9-17(20)18(22)10-15(13)16(11-21)14-4-2-3-12-6-8-23-19(12)14/h2-4,6,8-10,16,22H,5,7,11H2,1H3. The second kappa shape index (κ2) is 5.82. The quantitative estimate of drug-likeness (QED) is 0.680. The van der Waals surface area contributed by atoms with Crippen LogP contribution in [0.2, 0.25) is 5.02 Å². The molecule has 118 valence electrons. The molecule has 0 fully saturated rings. The van der Waals surface area contributed by atoms with Crippen molar-refractivity contribution in [3.05, 3.63) is 63.5 Å². The Balaban J connectivity index is 1.93. The van der Waals surface area contributed by atoms with E-state index in [4.69, 9.17) is 11.6 Å². The van der Waals surface area contributed by atoms with E-state index < -0.39 is 0 Å². The monoisotopic (exact) mass is 343 g/mol. The fraction of sp³-hybridized carbons (Fsp3) is 0.263. The summed E-state index contributed by atoms with van der Waals surface area (Å²) in [6.07, 6.45) is 0.961. The largest absolute Gasteiger partial charge is 0.506 e. The Kier molecular flexibility index (Phi) is 3.80. The summed E-state index contributed by atoms with van der Waals surface area (Å²) in [5.41, 5.74) is 3.79. The molecule has 4 heteroatoms. The number of nitrogens with zero attached hydrogens (tertiary/aromatic N) is 1. The Labute approximate surface area is 144 Å². The number of hydrogen-bond acceptors (Lipinski definition) is 3. The molecule has 0 aliphatic carbocycles. The Bertz CT molecular complexity index is 873. The lowest BCUT2D eigenvalue weighted by Crippen LogP contribution is -2.24. The molecule has 2 aromatic carbocycles. The first-order valence-corrected chi connectivity index (χ1v) is 9.05. The van der Waals surface area contributed by atoms with Gasteiger partial charge in [0.05, 0.1) is 5.02 Å². The van der Waals surface area contributed by atoms with Crippen molar-refractivity contribution in [3.8, 4) is 5.75 Å². The van der Waals surface area contributed by atoms with Gasteiger partial charge < -0.3 is 10.0 Å². The molecule has 0 radical (unpaired) electrons. The Morgan fingerprint density at radius 3 is 2.96 bits per heavy atom. The molecule has 1 aliphatic rings. The number of phenols is 1. The van der Waals surface area contributed by atoms with Crippen LogP contribution in [0.15, 0.2) is 41.8 Å². The second-order valence-corrected chi connectivity index (χ2v) is 7.58. The lowest BCUT2D eigenvalue weighted by atomic mass is 9.87. The van der Waals surface area contributed by atoms with Gasteiger partial charge in [0.1, 0.15) is 5.75 Å². The number of rotatable bonds is 1. The van der Waals surface area contributed by atoms with Crippen LogP contribution in [0.1, 0.15) is 22.6 Å². The molecule has 3 aromatic rings. The summed E-state index contributed by atoms with van der Waals surface area (Å²) in [5.74, 6) is 0.432. The summed E-state index contributed by atoms with van der Waals surface area (Å²) in [5, 5.41) is 14.0. The minimum Gasteiger partial charge on any atom is -0.506 e. The average Bonchev–Trinajstić information content (AvgIpc) is 2.96. The highest BCUT2D eigenvalue weighted by atomic mass is 35.5. The number of thiophene rings is 1. The van der Waals surface area contributed by atoms with Gasteiger partial charge in [-0.2, -0.15) is 0 Å². The summed E-state index contributed by atoms with van der Waals surface area (Å²) in [7, 11) is 2.16. The molecule has 0 saturated carbocycles. The second-order valence-electron chi connectivity index (χ2n) is 6.25. The highest BCUT2D eigenvalue weighted by Gasteiger charge is 2.25. The summed E-state index contributed by atoms with van der Waals surface area (Å²) in [6.45, 7) is 1.95. The molecule has 4 rings (SSSR count).